The second-order valence-corrected chi connectivity index (χ2v) is 4.41. The van der Waals surface area contributed by atoms with E-state index in [4.69, 9.17) is 4.74 Å². The maximum absolute atomic E-state index is 12.4. The summed E-state index contributed by atoms with van der Waals surface area (Å²) < 4.78 is 43.3. The van der Waals surface area contributed by atoms with Crippen molar-refractivity contribution in [1.29, 1.82) is 0 Å². The van der Waals surface area contributed by atoms with Gasteiger partial charge in [0.1, 0.15) is 6.54 Å². The monoisotopic (exact) mass is 277 g/mol. The van der Waals surface area contributed by atoms with Crippen molar-refractivity contribution in [1.82, 2.24) is 14.7 Å². The third-order valence-electron chi connectivity index (χ3n) is 2.92. The Bertz CT molecular complexity index is 458. The third kappa shape index (κ3) is 3.25. The zero-order valence-electron chi connectivity index (χ0n) is 10.4. The van der Waals surface area contributed by atoms with E-state index >= 15 is 0 Å². The van der Waals surface area contributed by atoms with Crippen LogP contribution in [0.3, 0.4) is 0 Å². The molecule has 2 heterocycles. The van der Waals surface area contributed by atoms with Gasteiger partial charge in [0, 0.05) is 12.7 Å². The number of halogens is 3. The van der Waals surface area contributed by atoms with Crippen molar-refractivity contribution in [3.05, 3.63) is 18.0 Å². The molecule has 1 fully saturated rings. The molecule has 1 atom stereocenters. The zero-order chi connectivity index (χ0) is 14.0. The van der Waals surface area contributed by atoms with E-state index in [1.54, 1.807) is 4.90 Å². The van der Waals surface area contributed by atoms with Gasteiger partial charge < -0.3 is 9.64 Å². The molecule has 0 spiro atoms. The van der Waals surface area contributed by atoms with Gasteiger partial charge in [-0.3, -0.25) is 9.48 Å². The molecule has 1 saturated heterocycles. The summed E-state index contributed by atoms with van der Waals surface area (Å²) >= 11 is 0. The number of alkyl halides is 3. The lowest BCUT2D eigenvalue weighted by Crippen LogP contribution is -2.48. The first-order chi connectivity index (χ1) is 8.88. The van der Waals surface area contributed by atoms with Crippen LogP contribution >= 0.6 is 0 Å². The normalized spacial score (nSPS) is 20.6. The summed E-state index contributed by atoms with van der Waals surface area (Å²) in [6, 6.07) is 0.787. The van der Waals surface area contributed by atoms with Crippen LogP contribution in [-0.2, 0) is 22.3 Å². The maximum atomic E-state index is 12.4. The summed E-state index contributed by atoms with van der Waals surface area (Å²) in [5.74, 6) is -0.257. The summed E-state index contributed by atoms with van der Waals surface area (Å²) in [5, 5.41) is 3.35. The first-order valence-electron chi connectivity index (χ1n) is 5.86. The number of hydrogen-bond acceptors (Lipinski definition) is 3. The van der Waals surface area contributed by atoms with Gasteiger partial charge in [-0.2, -0.15) is 18.3 Å². The Balaban J connectivity index is 2.00. The van der Waals surface area contributed by atoms with Crippen molar-refractivity contribution in [2.45, 2.75) is 25.7 Å². The lowest BCUT2D eigenvalue weighted by atomic mass is 10.2. The number of ether oxygens (including phenoxy) is 1. The van der Waals surface area contributed by atoms with Gasteiger partial charge in [-0.15, -0.1) is 0 Å². The second-order valence-electron chi connectivity index (χ2n) is 4.41. The van der Waals surface area contributed by atoms with Crippen molar-refractivity contribution >= 4 is 5.91 Å². The van der Waals surface area contributed by atoms with Gasteiger partial charge in [-0.25, -0.2) is 0 Å². The molecule has 2 rings (SSSR count). The molecule has 0 radical (unpaired) electrons. The summed E-state index contributed by atoms with van der Waals surface area (Å²) in [5.41, 5.74) is -0.990. The number of carbonyl (C=O) groups is 1. The van der Waals surface area contributed by atoms with E-state index in [0.29, 0.717) is 19.8 Å². The average molecular weight is 277 g/mol. The minimum Gasteiger partial charge on any atom is -0.377 e. The van der Waals surface area contributed by atoms with Crippen LogP contribution in [0, 0.1) is 0 Å². The summed E-state index contributed by atoms with van der Waals surface area (Å²) in [4.78, 5) is 13.6. The van der Waals surface area contributed by atoms with Crippen molar-refractivity contribution in [3.8, 4) is 0 Å². The van der Waals surface area contributed by atoms with E-state index in [1.807, 2.05) is 6.92 Å². The number of morpholine rings is 1. The van der Waals surface area contributed by atoms with E-state index in [1.165, 1.54) is 0 Å². The summed E-state index contributed by atoms with van der Waals surface area (Å²) in [6.07, 6.45) is -3.33. The highest BCUT2D eigenvalue weighted by Crippen LogP contribution is 2.27. The fourth-order valence-corrected chi connectivity index (χ4v) is 1.93. The molecule has 8 heteroatoms. The molecule has 1 aliphatic heterocycles. The van der Waals surface area contributed by atoms with Gasteiger partial charge in [0.25, 0.3) is 0 Å². The first-order valence-corrected chi connectivity index (χ1v) is 5.86. The smallest absolute Gasteiger partial charge is 0.377 e. The predicted octanol–water partition coefficient (Wildman–Crippen LogP) is 1.15. The van der Waals surface area contributed by atoms with E-state index in [0.717, 1.165) is 16.9 Å². The maximum Gasteiger partial charge on any atom is 0.435 e. The third-order valence-corrected chi connectivity index (χ3v) is 2.92. The summed E-state index contributed by atoms with van der Waals surface area (Å²) in [7, 11) is 0. The molecule has 5 nitrogen and oxygen atoms in total. The van der Waals surface area contributed by atoms with Gasteiger partial charge in [0.2, 0.25) is 5.91 Å². The van der Waals surface area contributed by atoms with E-state index < -0.39 is 11.9 Å². The van der Waals surface area contributed by atoms with Crippen LogP contribution in [0.1, 0.15) is 12.6 Å². The molecular weight excluding hydrogens is 263 g/mol. The molecule has 1 aromatic rings. The van der Waals surface area contributed by atoms with Gasteiger partial charge in [-0.1, -0.05) is 0 Å². The molecule has 1 aliphatic rings. The number of rotatable bonds is 2. The predicted molar refractivity (Wildman–Crippen MR) is 59.2 cm³/mol. The van der Waals surface area contributed by atoms with E-state index in [-0.39, 0.29) is 18.5 Å². The van der Waals surface area contributed by atoms with Crippen molar-refractivity contribution in [3.63, 3.8) is 0 Å². The van der Waals surface area contributed by atoms with E-state index in [9.17, 15) is 18.0 Å². The summed E-state index contributed by atoms with van der Waals surface area (Å²) in [6.45, 7) is 2.98. The Morgan fingerprint density at radius 3 is 2.89 bits per heavy atom. The van der Waals surface area contributed by atoms with Crippen molar-refractivity contribution in [2.75, 3.05) is 19.8 Å². The standard InChI is InChI=1S/C11H14F3N3O2/c1-8-7-19-5-4-17(8)10(18)6-16-3-2-9(15-16)11(12,13)14/h2-3,8H,4-7H2,1H3/t8-/m0/s1. The van der Waals surface area contributed by atoms with Crippen LogP contribution in [0.15, 0.2) is 12.3 Å². The van der Waals surface area contributed by atoms with Crippen LogP contribution in [0.4, 0.5) is 13.2 Å². The molecule has 106 valence electrons. The molecule has 1 aromatic heterocycles. The molecule has 0 unspecified atom stereocenters. The topological polar surface area (TPSA) is 47.4 Å². The van der Waals surface area contributed by atoms with Crippen molar-refractivity contribution in [2.24, 2.45) is 0 Å². The van der Waals surface area contributed by atoms with Crippen LogP contribution in [-0.4, -0.2) is 46.4 Å². The van der Waals surface area contributed by atoms with Gasteiger partial charge in [-0.05, 0) is 13.0 Å². The zero-order valence-corrected chi connectivity index (χ0v) is 10.4. The lowest BCUT2D eigenvalue weighted by Gasteiger charge is -2.33. The Morgan fingerprint density at radius 2 is 2.32 bits per heavy atom. The Hall–Kier alpha value is -1.57. The number of carbonyl (C=O) groups excluding carboxylic acids is 1. The quantitative estimate of drug-likeness (QED) is 0.814. The van der Waals surface area contributed by atoms with Gasteiger partial charge in [0.05, 0.1) is 19.3 Å². The molecule has 19 heavy (non-hydrogen) atoms. The number of aromatic nitrogens is 2. The van der Waals surface area contributed by atoms with E-state index in [2.05, 4.69) is 5.10 Å². The van der Waals surface area contributed by atoms with Crippen LogP contribution in [0.5, 0.6) is 0 Å². The highest BCUT2D eigenvalue weighted by atomic mass is 19.4. The lowest BCUT2D eigenvalue weighted by molar-refractivity contribution is -0.143. The minimum atomic E-state index is -4.49. The largest absolute Gasteiger partial charge is 0.435 e. The fraction of sp³-hybridized carbons (Fsp3) is 0.636. The SMILES string of the molecule is C[C@H]1COCCN1C(=O)Cn1ccc(C(F)(F)F)n1. The highest BCUT2D eigenvalue weighted by Gasteiger charge is 2.34. The highest BCUT2D eigenvalue weighted by molar-refractivity contribution is 5.76. The number of nitrogens with zero attached hydrogens (tertiary/aromatic N) is 3. The van der Waals surface area contributed by atoms with Gasteiger partial charge >= 0.3 is 6.18 Å². The number of amides is 1. The molecule has 1 amide bonds. The molecule has 0 aromatic carbocycles. The van der Waals surface area contributed by atoms with Crippen LogP contribution in [0.2, 0.25) is 0 Å². The average Bonchev–Trinajstić information content (AvgIpc) is 2.77. The second kappa shape index (κ2) is 5.20. The van der Waals surface area contributed by atoms with Crippen LogP contribution in [0.25, 0.3) is 0 Å². The molecule has 0 bridgehead atoms. The molecule has 0 saturated carbocycles. The Kier molecular flexibility index (Phi) is 3.79. The van der Waals surface area contributed by atoms with Gasteiger partial charge in [0.15, 0.2) is 5.69 Å². The Labute approximate surface area is 107 Å². The van der Waals surface area contributed by atoms with Crippen molar-refractivity contribution < 1.29 is 22.7 Å². The molecular formula is C11H14F3N3O2. The Morgan fingerprint density at radius 1 is 1.58 bits per heavy atom. The molecule has 0 aliphatic carbocycles. The number of hydrogen-bond donors (Lipinski definition) is 0. The van der Waals surface area contributed by atoms with Crippen LogP contribution < -0.4 is 0 Å². The fourth-order valence-electron chi connectivity index (χ4n) is 1.93. The first kappa shape index (κ1) is 13.9. The molecule has 0 N–H and O–H groups in total. The minimum absolute atomic E-state index is 0.0705.